The number of hydrogen-bond donors (Lipinski definition) is 3. The predicted octanol–water partition coefficient (Wildman–Crippen LogP) is 2.07. The van der Waals surface area contributed by atoms with Gasteiger partial charge in [-0.15, -0.1) is 0 Å². The first-order valence-corrected chi connectivity index (χ1v) is 6.57. The number of carboxylic acid groups (broad SMARTS) is 1. The van der Waals surface area contributed by atoms with Gasteiger partial charge in [0.1, 0.15) is 5.75 Å². The third kappa shape index (κ3) is 3.20. The van der Waals surface area contributed by atoms with Gasteiger partial charge in [-0.3, -0.25) is 4.79 Å². The molecule has 2 amide bonds. The van der Waals surface area contributed by atoms with Crippen LogP contribution in [0.25, 0.3) is 0 Å². The Morgan fingerprint density at radius 3 is 2.65 bits per heavy atom. The van der Waals surface area contributed by atoms with E-state index in [0.29, 0.717) is 30.9 Å². The molecule has 0 spiro atoms. The second-order valence-corrected chi connectivity index (χ2v) is 4.82. The van der Waals surface area contributed by atoms with E-state index >= 15 is 0 Å². The molecule has 0 heterocycles. The molecule has 6 heteroatoms. The topological polar surface area (TPSA) is 87.7 Å². The molecule has 20 heavy (non-hydrogen) atoms. The highest BCUT2D eigenvalue weighted by Gasteiger charge is 2.50. The molecule has 1 aromatic rings. The van der Waals surface area contributed by atoms with E-state index in [4.69, 9.17) is 9.84 Å². The van der Waals surface area contributed by atoms with E-state index in [2.05, 4.69) is 10.6 Å². The summed E-state index contributed by atoms with van der Waals surface area (Å²) in [6.07, 6.45) is 1.22. The maximum absolute atomic E-state index is 11.8. The van der Waals surface area contributed by atoms with E-state index in [1.54, 1.807) is 18.2 Å². The van der Waals surface area contributed by atoms with Gasteiger partial charge >= 0.3 is 12.0 Å². The number of aliphatic carboxylic acids is 1. The molecule has 1 aromatic carbocycles. The summed E-state index contributed by atoms with van der Waals surface area (Å²) in [5, 5.41) is 14.3. The zero-order valence-corrected chi connectivity index (χ0v) is 11.3. The summed E-state index contributed by atoms with van der Waals surface area (Å²) < 4.78 is 5.40. The predicted molar refractivity (Wildman–Crippen MR) is 73.9 cm³/mol. The van der Waals surface area contributed by atoms with Crippen molar-refractivity contribution in [3.05, 3.63) is 24.3 Å². The van der Waals surface area contributed by atoms with Crippen LogP contribution in [0.15, 0.2) is 24.3 Å². The lowest BCUT2D eigenvalue weighted by Gasteiger charge is -2.14. The molecule has 0 radical (unpaired) electrons. The number of carbonyl (C=O) groups is 2. The van der Waals surface area contributed by atoms with Crippen LogP contribution in [0.4, 0.5) is 10.5 Å². The van der Waals surface area contributed by atoms with Gasteiger partial charge in [0.2, 0.25) is 0 Å². The van der Waals surface area contributed by atoms with Gasteiger partial charge in [-0.2, -0.15) is 0 Å². The minimum atomic E-state index is -0.854. The van der Waals surface area contributed by atoms with E-state index in [1.165, 1.54) is 0 Å². The Hall–Kier alpha value is -2.24. The number of carboxylic acids is 1. The molecule has 2 rings (SSSR count). The monoisotopic (exact) mass is 278 g/mol. The Morgan fingerprint density at radius 2 is 2.05 bits per heavy atom. The van der Waals surface area contributed by atoms with E-state index in [9.17, 15) is 9.59 Å². The molecule has 6 nitrogen and oxygen atoms in total. The van der Waals surface area contributed by atoms with Gasteiger partial charge < -0.3 is 20.5 Å². The molecule has 0 atom stereocenters. The lowest BCUT2D eigenvalue weighted by molar-refractivity contribution is -0.143. The molecular formula is C14H18N2O4. The van der Waals surface area contributed by atoms with E-state index in [0.717, 1.165) is 0 Å². The minimum Gasteiger partial charge on any atom is -0.492 e. The van der Waals surface area contributed by atoms with Crippen LogP contribution < -0.4 is 15.4 Å². The maximum Gasteiger partial charge on any atom is 0.319 e. The summed E-state index contributed by atoms with van der Waals surface area (Å²) in [4.78, 5) is 22.8. The fourth-order valence-corrected chi connectivity index (χ4v) is 1.88. The normalized spacial score (nSPS) is 15.2. The summed E-state index contributed by atoms with van der Waals surface area (Å²) >= 11 is 0. The fraction of sp³-hybridized carbons (Fsp3) is 0.429. The fourth-order valence-electron chi connectivity index (χ4n) is 1.88. The number of para-hydroxylation sites is 2. The van der Waals surface area contributed by atoms with Crippen molar-refractivity contribution in [1.29, 1.82) is 0 Å². The SMILES string of the molecule is CCOc1ccccc1NC(=O)NCC1(C(=O)O)CC1. The van der Waals surface area contributed by atoms with Crippen LogP contribution in [0.1, 0.15) is 19.8 Å². The second kappa shape index (κ2) is 5.81. The third-order valence-electron chi connectivity index (χ3n) is 3.33. The van der Waals surface area contributed by atoms with Gasteiger partial charge in [0, 0.05) is 6.54 Å². The number of ether oxygens (including phenoxy) is 1. The summed E-state index contributed by atoms with van der Waals surface area (Å²) in [6.45, 7) is 2.51. The van der Waals surface area contributed by atoms with Crippen LogP contribution >= 0.6 is 0 Å². The molecular weight excluding hydrogens is 260 g/mol. The number of rotatable bonds is 6. The van der Waals surface area contributed by atoms with Crippen molar-refractivity contribution in [2.24, 2.45) is 5.41 Å². The van der Waals surface area contributed by atoms with Crippen molar-refractivity contribution in [1.82, 2.24) is 5.32 Å². The van der Waals surface area contributed by atoms with Crippen LogP contribution in [0.5, 0.6) is 5.75 Å². The van der Waals surface area contributed by atoms with E-state index in [1.807, 2.05) is 13.0 Å². The number of anilines is 1. The number of benzene rings is 1. The highest BCUT2D eigenvalue weighted by Crippen LogP contribution is 2.45. The van der Waals surface area contributed by atoms with E-state index < -0.39 is 17.4 Å². The van der Waals surface area contributed by atoms with Gasteiger partial charge in [-0.1, -0.05) is 12.1 Å². The van der Waals surface area contributed by atoms with Gasteiger partial charge in [0.25, 0.3) is 0 Å². The van der Waals surface area contributed by atoms with Crippen LogP contribution in [0.2, 0.25) is 0 Å². The Bertz CT molecular complexity index is 512. The van der Waals surface area contributed by atoms with Crippen molar-refractivity contribution in [2.45, 2.75) is 19.8 Å². The van der Waals surface area contributed by atoms with Crippen LogP contribution in [0.3, 0.4) is 0 Å². The number of amides is 2. The zero-order valence-electron chi connectivity index (χ0n) is 11.3. The average Bonchev–Trinajstić information content (AvgIpc) is 3.20. The van der Waals surface area contributed by atoms with Gasteiger partial charge in [0.05, 0.1) is 17.7 Å². The Labute approximate surface area is 117 Å². The Balaban J connectivity index is 1.90. The van der Waals surface area contributed by atoms with Gasteiger partial charge in [0.15, 0.2) is 0 Å². The van der Waals surface area contributed by atoms with Crippen LogP contribution in [-0.2, 0) is 4.79 Å². The van der Waals surface area contributed by atoms with Crippen molar-refractivity contribution >= 4 is 17.7 Å². The number of carbonyl (C=O) groups excluding carboxylic acids is 1. The smallest absolute Gasteiger partial charge is 0.319 e. The van der Waals surface area contributed by atoms with Crippen molar-refractivity contribution < 1.29 is 19.4 Å². The number of nitrogens with one attached hydrogen (secondary N) is 2. The van der Waals surface area contributed by atoms with Gasteiger partial charge in [-0.05, 0) is 31.9 Å². The van der Waals surface area contributed by atoms with Crippen LogP contribution in [-0.4, -0.2) is 30.3 Å². The second-order valence-electron chi connectivity index (χ2n) is 4.82. The molecule has 0 bridgehead atoms. The van der Waals surface area contributed by atoms with Gasteiger partial charge in [-0.25, -0.2) is 4.79 Å². The van der Waals surface area contributed by atoms with E-state index in [-0.39, 0.29) is 6.54 Å². The molecule has 1 saturated carbocycles. The van der Waals surface area contributed by atoms with Crippen molar-refractivity contribution in [3.63, 3.8) is 0 Å². The molecule has 0 unspecified atom stereocenters. The molecule has 0 aliphatic heterocycles. The first-order chi connectivity index (χ1) is 9.57. The Kier molecular flexibility index (Phi) is 4.12. The minimum absolute atomic E-state index is 0.144. The molecule has 3 N–H and O–H groups in total. The first-order valence-electron chi connectivity index (χ1n) is 6.57. The Morgan fingerprint density at radius 1 is 1.35 bits per heavy atom. The first kappa shape index (κ1) is 14.2. The van der Waals surface area contributed by atoms with Crippen molar-refractivity contribution in [3.8, 4) is 5.75 Å². The quantitative estimate of drug-likeness (QED) is 0.743. The highest BCUT2D eigenvalue weighted by atomic mass is 16.5. The third-order valence-corrected chi connectivity index (χ3v) is 3.33. The lowest BCUT2D eigenvalue weighted by Crippen LogP contribution is -2.36. The van der Waals surface area contributed by atoms with Crippen LogP contribution in [0, 0.1) is 5.41 Å². The molecule has 108 valence electrons. The summed E-state index contributed by atoms with van der Waals surface area (Å²) in [5.74, 6) is -0.267. The maximum atomic E-state index is 11.8. The summed E-state index contributed by atoms with van der Waals surface area (Å²) in [5.41, 5.74) is -0.205. The number of hydrogen-bond acceptors (Lipinski definition) is 3. The van der Waals surface area contributed by atoms with Crippen molar-refractivity contribution in [2.75, 3.05) is 18.5 Å². The standard InChI is InChI=1S/C14H18N2O4/c1-2-20-11-6-4-3-5-10(11)16-13(19)15-9-14(7-8-14)12(17)18/h3-6H,2,7-9H2,1H3,(H,17,18)(H2,15,16,19). The summed E-state index contributed by atoms with van der Waals surface area (Å²) in [7, 11) is 0. The summed E-state index contributed by atoms with van der Waals surface area (Å²) in [6, 6.07) is 6.67. The lowest BCUT2D eigenvalue weighted by atomic mass is 10.1. The number of urea groups is 1. The molecule has 0 aromatic heterocycles. The largest absolute Gasteiger partial charge is 0.492 e. The molecule has 1 aliphatic carbocycles. The zero-order chi connectivity index (χ0) is 14.6. The molecule has 1 aliphatic rings. The average molecular weight is 278 g/mol. The molecule has 1 fully saturated rings. The highest BCUT2D eigenvalue weighted by molar-refractivity contribution is 5.91. The molecule has 0 saturated heterocycles.